The maximum atomic E-state index is 13.6. The molecule has 0 aromatic heterocycles. The number of rotatable bonds is 11. The number of hydrogen-bond donors (Lipinski definition) is 2. The summed E-state index contributed by atoms with van der Waals surface area (Å²) >= 11 is 0. The number of amides is 2. The van der Waals surface area contributed by atoms with Gasteiger partial charge in [0.05, 0.1) is 18.2 Å². The van der Waals surface area contributed by atoms with Gasteiger partial charge in [0, 0.05) is 18.9 Å². The molecule has 2 amide bonds. The molecule has 1 fully saturated rings. The van der Waals surface area contributed by atoms with Crippen LogP contribution in [0.3, 0.4) is 0 Å². The first-order chi connectivity index (χ1) is 18.8. The minimum atomic E-state index is -0.704. The smallest absolute Gasteiger partial charge is 0.252 e. The van der Waals surface area contributed by atoms with Crippen molar-refractivity contribution < 1.29 is 23.9 Å². The maximum absolute atomic E-state index is 13.6. The van der Waals surface area contributed by atoms with Gasteiger partial charge in [0.1, 0.15) is 12.0 Å². The van der Waals surface area contributed by atoms with E-state index in [4.69, 9.17) is 10.5 Å². The first-order valence-corrected chi connectivity index (χ1v) is 14.3. The molecule has 208 valence electrons. The molecule has 0 radical (unpaired) electrons. The summed E-state index contributed by atoms with van der Waals surface area (Å²) in [4.78, 5) is 49.2. The van der Waals surface area contributed by atoms with Gasteiger partial charge in [-0.2, -0.15) is 0 Å². The van der Waals surface area contributed by atoms with Crippen molar-refractivity contribution in [2.45, 2.75) is 89.5 Å². The molecule has 1 saturated carbocycles. The minimum absolute atomic E-state index is 0.0715. The van der Waals surface area contributed by atoms with E-state index in [0.717, 1.165) is 61.5 Å². The highest BCUT2D eigenvalue weighted by Gasteiger charge is 2.28. The van der Waals surface area contributed by atoms with Crippen LogP contribution in [0.1, 0.15) is 108 Å². The van der Waals surface area contributed by atoms with Crippen molar-refractivity contribution in [2.75, 3.05) is 6.61 Å². The second-order valence-corrected chi connectivity index (χ2v) is 11.2. The zero-order valence-electron chi connectivity index (χ0n) is 22.9. The van der Waals surface area contributed by atoms with Crippen molar-refractivity contribution in [2.24, 2.45) is 11.7 Å². The van der Waals surface area contributed by atoms with Gasteiger partial charge >= 0.3 is 0 Å². The molecule has 0 aliphatic heterocycles. The van der Waals surface area contributed by atoms with Crippen LogP contribution in [0.25, 0.3) is 0 Å². The van der Waals surface area contributed by atoms with Gasteiger partial charge in [-0.25, -0.2) is 0 Å². The van der Waals surface area contributed by atoms with Crippen molar-refractivity contribution >= 4 is 23.9 Å². The van der Waals surface area contributed by atoms with E-state index in [2.05, 4.69) is 5.32 Å². The molecule has 0 spiro atoms. The van der Waals surface area contributed by atoms with E-state index in [1.165, 1.54) is 26.2 Å². The van der Waals surface area contributed by atoms with Gasteiger partial charge < -0.3 is 15.8 Å². The summed E-state index contributed by atoms with van der Waals surface area (Å²) < 4.78 is 6.19. The monoisotopic (exact) mass is 532 g/mol. The normalized spacial score (nSPS) is 18.3. The summed E-state index contributed by atoms with van der Waals surface area (Å²) in [5.41, 5.74) is 9.58. The van der Waals surface area contributed by atoms with Crippen LogP contribution in [-0.2, 0) is 22.4 Å². The van der Waals surface area contributed by atoms with Gasteiger partial charge in [0.25, 0.3) is 5.91 Å². The fourth-order valence-electron chi connectivity index (χ4n) is 6.09. The average Bonchev–Trinajstić information content (AvgIpc) is 3.12. The maximum Gasteiger partial charge on any atom is 0.252 e. The third-order valence-electron chi connectivity index (χ3n) is 8.14. The number of aldehydes is 1. The van der Waals surface area contributed by atoms with E-state index in [-0.39, 0.29) is 24.0 Å². The Labute approximate surface area is 230 Å². The summed E-state index contributed by atoms with van der Waals surface area (Å²) in [5, 5.41) is 2.81. The lowest BCUT2D eigenvalue weighted by molar-refractivity contribution is -0.127. The van der Waals surface area contributed by atoms with Crippen LogP contribution >= 0.6 is 0 Å². The largest absolute Gasteiger partial charge is 0.492 e. The van der Waals surface area contributed by atoms with Gasteiger partial charge in [-0.3, -0.25) is 19.2 Å². The van der Waals surface area contributed by atoms with Crippen LogP contribution in [0.2, 0.25) is 0 Å². The van der Waals surface area contributed by atoms with Crippen molar-refractivity contribution in [1.82, 2.24) is 5.32 Å². The standard InChI is InChI=1S/C32H40N2O5/c1-21(36)34-29(15-23-10-7-11-24(14-23)19-35)30(37)16-25-12-5-6-13-26-17-31(28(32(33)38)18-27(25)26)39-20-22-8-3-2-4-9-22/h7,10-11,14,17-19,22,25,29H,2-6,8-9,12-13,15-16,20H2,1H3,(H2,33,38)(H,34,36). The van der Waals surface area contributed by atoms with Gasteiger partial charge in [0.2, 0.25) is 5.91 Å². The molecule has 0 bridgehead atoms. The molecule has 3 N–H and O–H groups in total. The van der Waals surface area contributed by atoms with E-state index in [9.17, 15) is 19.2 Å². The summed E-state index contributed by atoms with van der Waals surface area (Å²) in [7, 11) is 0. The number of nitrogens with one attached hydrogen (secondary N) is 1. The van der Waals surface area contributed by atoms with Crippen LogP contribution in [-0.4, -0.2) is 36.5 Å². The van der Waals surface area contributed by atoms with Crippen LogP contribution in [0.15, 0.2) is 36.4 Å². The third kappa shape index (κ3) is 7.78. The summed E-state index contributed by atoms with van der Waals surface area (Å²) in [6.45, 7) is 1.99. The number of ketones is 1. The van der Waals surface area contributed by atoms with E-state index in [0.29, 0.717) is 35.8 Å². The quantitative estimate of drug-likeness (QED) is 0.310. The number of aryl methyl sites for hydroxylation is 1. The summed E-state index contributed by atoms with van der Waals surface area (Å²) in [5.74, 6) is 0.0799. The topological polar surface area (TPSA) is 116 Å². The lowest BCUT2D eigenvalue weighted by atomic mass is 9.85. The lowest BCUT2D eigenvalue weighted by Gasteiger charge is -2.24. The third-order valence-corrected chi connectivity index (χ3v) is 8.14. The fourth-order valence-corrected chi connectivity index (χ4v) is 6.09. The van der Waals surface area contributed by atoms with E-state index < -0.39 is 11.9 Å². The number of carbonyl (C=O) groups excluding carboxylic acids is 4. The number of Topliss-reactive ketones (excluding diaryl/α,β-unsaturated/α-hetero) is 1. The number of hydrogen-bond acceptors (Lipinski definition) is 5. The molecule has 4 rings (SSSR count). The van der Waals surface area contributed by atoms with Crippen molar-refractivity contribution in [3.63, 3.8) is 0 Å². The van der Waals surface area contributed by atoms with Crippen molar-refractivity contribution in [3.8, 4) is 5.75 Å². The Hall–Kier alpha value is -3.48. The molecule has 0 heterocycles. The molecule has 7 heteroatoms. The number of benzene rings is 2. The number of fused-ring (bicyclic) bond motifs is 1. The Balaban J connectivity index is 1.55. The molecule has 2 atom stereocenters. The van der Waals surface area contributed by atoms with Gasteiger partial charge in [-0.1, -0.05) is 43.9 Å². The Morgan fingerprint density at radius 3 is 2.54 bits per heavy atom. The van der Waals surface area contributed by atoms with E-state index >= 15 is 0 Å². The highest BCUT2D eigenvalue weighted by Crippen LogP contribution is 2.37. The molecular formula is C32H40N2O5. The van der Waals surface area contributed by atoms with Gasteiger partial charge in [-0.15, -0.1) is 0 Å². The first kappa shape index (κ1) is 28.5. The van der Waals surface area contributed by atoms with Crippen molar-refractivity contribution in [1.29, 1.82) is 0 Å². The minimum Gasteiger partial charge on any atom is -0.492 e. The summed E-state index contributed by atoms with van der Waals surface area (Å²) in [6, 6.07) is 10.2. The Bertz CT molecular complexity index is 1200. The molecule has 2 aliphatic rings. The zero-order valence-corrected chi connectivity index (χ0v) is 22.9. The highest BCUT2D eigenvalue weighted by atomic mass is 16.5. The second kappa shape index (κ2) is 13.5. The molecule has 39 heavy (non-hydrogen) atoms. The highest BCUT2D eigenvalue weighted by molar-refractivity contribution is 5.96. The van der Waals surface area contributed by atoms with Crippen LogP contribution < -0.4 is 15.8 Å². The van der Waals surface area contributed by atoms with Gasteiger partial charge in [-0.05, 0) is 85.3 Å². The number of carbonyl (C=O) groups is 4. The van der Waals surface area contributed by atoms with Crippen molar-refractivity contribution in [3.05, 3.63) is 64.2 Å². The fraction of sp³-hybridized carbons (Fsp3) is 0.500. The van der Waals surface area contributed by atoms with Crippen LogP contribution in [0.4, 0.5) is 0 Å². The SMILES string of the molecule is CC(=O)NC(Cc1cccc(C=O)c1)C(=O)CC1CCCCc2cc(OCC3CCCCC3)c(C(N)=O)cc21. The lowest BCUT2D eigenvalue weighted by Crippen LogP contribution is -2.41. The number of ether oxygens (including phenoxy) is 1. The molecule has 2 aromatic rings. The predicted octanol–water partition coefficient (Wildman–Crippen LogP) is 5.07. The Morgan fingerprint density at radius 1 is 1.05 bits per heavy atom. The predicted molar refractivity (Wildman–Crippen MR) is 150 cm³/mol. The van der Waals surface area contributed by atoms with E-state index in [1.807, 2.05) is 18.2 Å². The van der Waals surface area contributed by atoms with Crippen LogP contribution in [0, 0.1) is 5.92 Å². The van der Waals surface area contributed by atoms with Gasteiger partial charge in [0.15, 0.2) is 5.78 Å². The second-order valence-electron chi connectivity index (χ2n) is 11.2. The average molecular weight is 533 g/mol. The molecule has 2 unspecified atom stereocenters. The molecule has 2 aliphatic carbocycles. The number of primary amides is 1. The Kier molecular flexibility index (Phi) is 9.90. The summed E-state index contributed by atoms with van der Waals surface area (Å²) in [6.07, 6.45) is 10.9. The molecule has 0 saturated heterocycles. The Morgan fingerprint density at radius 2 is 1.82 bits per heavy atom. The molecular weight excluding hydrogens is 492 g/mol. The molecule has 2 aromatic carbocycles. The molecule has 7 nitrogen and oxygen atoms in total. The first-order valence-electron chi connectivity index (χ1n) is 14.3. The zero-order chi connectivity index (χ0) is 27.8. The van der Waals surface area contributed by atoms with Crippen LogP contribution in [0.5, 0.6) is 5.75 Å². The van der Waals surface area contributed by atoms with E-state index in [1.54, 1.807) is 18.2 Å². The number of nitrogens with two attached hydrogens (primary N) is 1.